The average molecular weight is 273 g/mol. The number of anilines is 1. The fraction of sp³-hybridized carbons (Fsp3) is 0. The standard InChI is InChI=1S/C14H9F2N3O/c15-9-4-1-5-10(16)12(9)13-11(14(17)19-20-13)8-3-2-6-18-7-8/h1-7H,(H2,17,19). The van der Waals surface area contributed by atoms with Crippen molar-refractivity contribution in [2.45, 2.75) is 0 Å². The van der Waals surface area contributed by atoms with Crippen molar-refractivity contribution in [1.29, 1.82) is 0 Å². The van der Waals surface area contributed by atoms with Crippen molar-refractivity contribution in [2.24, 2.45) is 0 Å². The van der Waals surface area contributed by atoms with Crippen LogP contribution in [-0.2, 0) is 0 Å². The van der Waals surface area contributed by atoms with Gasteiger partial charge in [-0.05, 0) is 18.2 Å². The molecular formula is C14H9F2N3O. The Kier molecular flexibility index (Phi) is 2.90. The molecule has 4 nitrogen and oxygen atoms in total. The lowest BCUT2D eigenvalue weighted by atomic mass is 10.0. The Balaban J connectivity index is 2.27. The Bertz CT molecular complexity index is 736. The molecule has 0 fully saturated rings. The molecule has 0 bridgehead atoms. The van der Waals surface area contributed by atoms with E-state index >= 15 is 0 Å². The monoisotopic (exact) mass is 273 g/mol. The summed E-state index contributed by atoms with van der Waals surface area (Å²) < 4.78 is 32.7. The number of hydrogen-bond donors (Lipinski definition) is 1. The molecule has 0 atom stereocenters. The van der Waals surface area contributed by atoms with Gasteiger partial charge in [-0.25, -0.2) is 8.78 Å². The van der Waals surface area contributed by atoms with Gasteiger partial charge in [0.25, 0.3) is 0 Å². The first-order valence-electron chi connectivity index (χ1n) is 5.78. The number of benzene rings is 1. The minimum Gasteiger partial charge on any atom is -0.380 e. The third kappa shape index (κ3) is 1.91. The van der Waals surface area contributed by atoms with E-state index in [1.165, 1.54) is 12.3 Å². The summed E-state index contributed by atoms with van der Waals surface area (Å²) in [4.78, 5) is 3.95. The molecule has 100 valence electrons. The number of rotatable bonds is 2. The number of pyridine rings is 1. The minimum atomic E-state index is -0.744. The van der Waals surface area contributed by atoms with Gasteiger partial charge in [0.15, 0.2) is 11.6 Å². The number of halogens is 2. The molecule has 2 N–H and O–H groups in total. The lowest BCUT2D eigenvalue weighted by Gasteiger charge is -2.04. The number of aromatic nitrogens is 2. The zero-order valence-corrected chi connectivity index (χ0v) is 10.2. The van der Waals surface area contributed by atoms with Crippen molar-refractivity contribution < 1.29 is 13.3 Å². The maximum atomic E-state index is 13.9. The summed E-state index contributed by atoms with van der Waals surface area (Å²) in [6.45, 7) is 0. The van der Waals surface area contributed by atoms with E-state index in [-0.39, 0.29) is 17.1 Å². The molecule has 2 heterocycles. The zero-order valence-electron chi connectivity index (χ0n) is 10.2. The van der Waals surface area contributed by atoms with Crippen LogP contribution in [0.25, 0.3) is 22.5 Å². The molecule has 0 aliphatic heterocycles. The molecule has 0 radical (unpaired) electrons. The fourth-order valence-electron chi connectivity index (χ4n) is 1.98. The Morgan fingerprint density at radius 1 is 1.00 bits per heavy atom. The Morgan fingerprint density at radius 3 is 2.40 bits per heavy atom. The molecule has 20 heavy (non-hydrogen) atoms. The number of hydrogen-bond acceptors (Lipinski definition) is 4. The maximum Gasteiger partial charge on any atom is 0.182 e. The molecule has 0 aliphatic rings. The molecule has 2 aromatic heterocycles. The van der Waals surface area contributed by atoms with E-state index in [4.69, 9.17) is 10.3 Å². The quantitative estimate of drug-likeness (QED) is 0.778. The van der Waals surface area contributed by atoms with Crippen LogP contribution in [0.3, 0.4) is 0 Å². The molecule has 0 saturated heterocycles. The Morgan fingerprint density at radius 2 is 1.75 bits per heavy atom. The second-order valence-corrected chi connectivity index (χ2v) is 4.11. The predicted octanol–water partition coefficient (Wildman–Crippen LogP) is 3.26. The molecule has 0 aliphatic carbocycles. The van der Waals surface area contributed by atoms with Crippen molar-refractivity contribution in [2.75, 3.05) is 5.73 Å². The highest BCUT2D eigenvalue weighted by Crippen LogP contribution is 2.38. The fourth-order valence-corrected chi connectivity index (χ4v) is 1.98. The molecular weight excluding hydrogens is 264 g/mol. The first kappa shape index (κ1) is 12.3. The second-order valence-electron chi connectivity index (χ2n) is 4.11. The number of nitrogen functional groups attached to an aromatic ring is 1. The van der Waals surface area contributed by atoms with Crippen LogP contribution >= 0.6 is 0 Å². The van der Waals surface area contributed by atoms with Crippen LogP contribution in [0.1, 0.15) is 0 Å². The Hall–Kier alpha value is -2.76. The van der Waals surface area contributed by atoms with Gasteiger partial charge in [-0.3, -0.25) is 4.98 Å². The molecule has 0 spiro atoms. The lowest BCUT2D eigenvalue weighted by Crippen LogP contribution is -1.92. The molecule has 0 unspecified atom stereocenters. The first-order chi connectivity index (χ1) is 9.68. The van der Waals surface area contributed by atoms with Crippen LogP contribution in [0, 0.1) is 11.6 Å². The van der Waals surface area contributed by atoms with E-state index < -0.39 is 11.6 Å². The van der Waals surface area contributed by atoms with Crippen LogP contribution in [0.5, 0.6) is 0 Å². The van der Waals surface area contributed by atoms with Gasteiger partial charge in [-0.1, -0.05) is 17.3 Å². The SMILES string of the molecule is Nc1noc(-c2c(F)cccc2F)c1-c1cccnc1. The van der Waals surface area contributed by atoms with Crippen LogP contribution in [0.2, 0.25) is 0 Å². The van der Waals surface area contributed by atoms with Gasteiger partial charge in [0, 0.05) is 18.0 Å². The van der Waals surface area contributed by atoms with Crippen molar-refractivity contribution in [3.63, 3.8) is 0 Å². The molecule has 6 heteroatoms. The van der Waals surface area contributed by atoms with E-state index in [0.717, 1.165) is 12.1 Å². The normalized spacial score (nSPS) is 10.7. The summed E-state index contributed by atoms with van der Waals surface area (Å²) in [7, 11) is 0. The molecule has 0 saturated carbocycles. The number of nitrogens with zero attached hydrogens (tertiary/aromatic N) is 2. The summed E-state index contributed by atoms with van der Waals surface area (Å²) in [5.41, 5.74) is 6.33. The summed E-state index contributed by atoms with van der Waals surface area (Å²) in [5, 5.41) is 3.59. The van der Waals surface area contributed by atoms with Gasteiger partial charge in [-0.15, -0.1) is 0 Å². The van der Waals surface area contributed by atoms with Crippen molar-refractivity contribution in [3.05, 3.63) is 54.4 Å². The van der Waals surface area contributed by atoms with Crippen molar-refractivity contribution in [3.8, 4) is 22.5 Å². The van der Waals surface area contributed by atoms with Crippen LogP contribution in [0.4, 0.5) is 14.6 Å². The third-order valence-corrected chi connectivity index (χ3v) is 2.86. The first-order valence-corrected chi connectivity index (χ1v) is 5.78. The highest BCUT2D eigenvalue weighted by Gasteiger charge is 2.23. The van der Waals surface area contributed by atoms with Gasteiger partial charge in [0.05, 0.1) is 11.1 Å². The highest BCUT2D eigenvalue weighted by molar-refractivity contribution is 5.86. The van der Waals surface area contributed by atoms with Gasteiger partial charge < -0.3 is 10.3 Å². The summed E-state index contributed by atoms with van der Waals surface area (Å²) >= 11 is 0. The predicted molar refractivity (Wildman–Crippen MR) is 69.5 cm³/mol. The average Bonchev–Trinajstić information content (AvgIpc) is 2.81. The van der Waals surface area contributed by atoms with Gasteiger partial charge >= 0.3 is 0 Å². The van der Waals surface area contributed by atoms with Crippen LogP contribution < -0.4 is 5.73 Å². The van der Waals surface area contributed by atoms with Gasteiger partial charge in [-0.2, -0.15) is 0 Å². The Labute approximate surface area is 112 Å². The second kappa shape index (κ2) is 4.73. The van der Waals surface area contributed by atoms with Gasteiger partial charge in [0.2, 0.25) is 0 Å². The van der Waals surface area contributed by atoms with E-state index in [2.05, 4.69) is 10.1 Å². The number of nitrogens with two attached hydrogens (primary N) is 1. The molecule has 3 aromatic rings. The maximum absolute atomic E-state index is 13.9. The van der Waals surface area contributed by atoms with E-state index in [1.807, 2.05) is 0 Å². The summed E-state index contributed by atoms with van der Waals surface area (Å²) in [6, 6.07) is 6.95. The third-order valence-electron chi connectivity index (χ3n) is 2.86. The minimum absolute atomic E-state index is 0.0499. The summed E-state index contributed by atoms with van der Waals surface area (Å²) in [6.07, 6.45) is 3.10. The molecule has 0 amide bonds. The zero-order chi connectivity index (χ0) is 14.1. The molecule has 1 aromatic carbocycles. The molecule has 3 rings (SSSR count). The van der Waals surface area contributed by atoms with E-state index in [9.17, 15) is 8.78 Å². The van der Waals surface area contributed by atoms with Crippen LogP contribution in [0.15, 0.2) is 47.2 Å². The lowest BCUT2D eigenvalue weighted by molar-refractivity contribution is 0.430. The van der Waals surface area contributed by atoms with Crippen LogP contribution in [-0.4, -0.2) is 10.1 Å². The topological polar surface area (TPSA) is 64.9 Å². The largest absolute Gasteiger partial charge is 0.380 e. The van der Waals surface area contributed by atoms with E-state index in [0.29, 0.717) is 11.1 Å². The van der Waals surface area contributed by atoms with Crippen molar-refractivity contribution >= 4 is 5.82 Å². The summed E-state index contributed by atoms with van der Waals surface area (Å²) in [5.74, 6) is -1.49. The highest BCUT2D eigenvalue weighted by atomic mass is 19.1. The van der Waals surface area contributed by atoms with E-state index in [1.54, 1.807) is 18.3 Å². The van der Waals surface area contributed by atoms with Crippen molar-refractivity contribution in [1.82, 2.24) is 10.1 Å². The van der Waals surface area contributed by atoms with Gasteiger partial charge in [0.1, 0.15) is 11.6 Å². The smallest absolute Gasteiger partial charge is 0.182 e.